The van der Waals surface area contributed by atoms with Crippen molar-refractivity contribution in [3.8, 4) is 0 Å². The minimum absolute atomic E-state index is 0. The van der Waals surface area contributed by atoms with Crippen molar-refractivity contribution < 1.29 is 53.8 Å². The van der Waals surface area contributed by atoms with Crippen molar-refractivity contribution in [2.24, 2.45) is 0 Å². The summed E-state index contributed by atoms with van der Waals surface area (Å²) >= 11 is 0. The summed E-state index contributed by atoms with van der Waals surface area (Å²) in [5.74, 6) is 0. The molecule has 0 aromatic heterocycles. The van der Waals surface area contributed by atoms with E-state index in [1.807, 2.05) is 6.92 Å². The summed E-state index contributed by atoms with van der Waals surface area (Å²) in [7, 11) is 3.21. The molecule has 0 radical (unpaired) electrons. The molecule has 54 valence electrons. The first-order valence-electron chi connectivity index (χ1n) is 1.87. The van der Waals surface area contributed by atoms with Crippen LogP contribution in [0.15, 0.2) is 0 Å². The average molecular weight is 226 g/mol. The van der Waals surface area contributed by atoms with Gasteiger partial charge in [-0.2, -0.15) is 0 Å². The molecule has 2 nitrogen and oxygen atoms in total. The molecule has 0 aliphatic rings. The van der Waals surface area contributed by atoms with E-state index in [1.54, 1.807) is 14.2 Å². The fourth-order valence-electron chi connectivity index (χ4n) is 0.0962. The van der Waals surface area contributed by atoms with Crippen molar-refractivity contribution in [3.05, 3.63) is 0 Å². The predicted octanol–water partition coefficient (Wildman–Crippen LogP) is -5.37. The largest absolute Gasteiger partial charge is 2.00 e. The van der Waals surface area contributed by atoms with Crippen LogP contribution in [0.25, 0.3) is 0 Å². The Morgan fingerprint density at radius 1 is 1.00 bits per heavy atom. The van der Waals surface area contributed by atoms with Crippen LogP contribution in [-0.4, -0.2) is 20.5 Å². The monoisotopic (exact) mass is 224 g/mol. The van der Waals surface area contributed by atoms with Gasteiger partial charge in [-0.05, 0) is 6.92 Å². The van der Waals surface area contributed by atoms with Gasteiger partial charge in [-0.25, -0.2) is 0 Å². The van der Waals surface area contributed by atoms with E-state index in [2.05, 4.69) is 9.47 Å². The fourth-order valence-corrected chi connectivity index (χ4v) is 0.0962. The fraction of sp³-hybridized carbons (Fsp3) is 1.00. The maximum atomic E-state index is 4.68. The molecule has 0 aliphatic heterocycles. The summed E-state index contributed by atoms with van der Waals surface area (Å²) in [5.41, 5.74) is 0. The summed E-state index contributed by atoms with van der Waals surface area (Å²) in [5, 5.41) is 0. The standard InChI is InChI=1S/C4H10O2.2ClH.Zn/c1-4(5-2)6-3;;;/h4H,1-3H3;2*1H;/q;;;+2/p-2. The van der Waals surface area contributed by atoms with E-state index >= 15 is 0 Å². The topological polar surface area (TPSA) is 18.5 Å². The molecule has 0 unspecified atom stereocenters. The number of halogens is 2. The average Bonchev–Trinajstić information content (AvgIpc) is 1.65. The summed E-state index contributed by atoms with van der Waals surface area (Å²) < 4.78 is 9.35. The Balaban J connectivity index is -0.0000000417. The third-order valence-corrected chi connectivity index (χ3v) is 0.664. The van der Waals surface area contributed by atoms with Crippen LogP contribution in [0.5, 0.6) is 0 Å². The third kappa shape index (κ3) is 17.6. The van der Waals surface area contributed by atoms with Gasteiger partial charge >= 0.3 is 19.5 Å². The maximum Gasteiger partial charge on any atom is 2.00 e. The van der Waals surface area contributed by atoms with Gasteiger partial charge in [0.2, 0.25) is 0 Å². The smallest absolute Gasteiger partial charge is 1.00 e. The molecule has 0 saturated heterocycles. The van der Waals surface area contributed by atoms with E-state index in [-0.39, 0.29) is 50.6 Å². The molecular weight excluding hydrogens is 216 g/mol. The predicted molar refractivity (Wildman–Crippen MR) is 23.5 cm³/mol. The quantitative estimate of drug-likeness (QED) is 0.346. The molecule has 9 heavy (non-hydrogen) atoms. The second-order valence-electron chi connectivity index (χ2n) is 1.04. The summed E-state index contributed by atoms with van der Waals surface area (Å²) in [6, 6.07) is 0. The zero-order valence-corrected chi connectivity index (χ0v) is 10.3. The molecule has 0 N–H and O–H groups in total. The molecule has 0 bridgehead atoms. The zero-order chi connectivity index (χ0) is 4.99. The molecule has 0 rings (SSSR count). The zero-order valence-electron chi connectivity index (χ0n) is 5.86. The number of methoxy groups -OCH3 is 2. The Kier molecular flexibility index (Phi) is 40.1. The Morgan fingerprint density at radius 2 is 1.22 bits per heavy atom. The first-order valence-corrected chi connectivity index (χ1v) is 1.87. The van der Waals surface area contributed by atoms with Gasteiger partial charge in [0.05, 0.1) is 0 Å². The van der Waals surface area contributed by atoms with E-state index in [4.69, 9.17) is 0 Å². The van der Waals surface area contributed by atoms with Gasteiger partial charge < -0.3 is 34.3 Å². The molecule has 0 heterocycles. The van der Waals surface area contributed by atoms with Crippen molar-refractivity contribution in [1.29, 1.82) is 0 Å². The van der Waals surface area contributed by atoms with Crippen LogP contribution in [0.1, 0.15) is 6.92 Å². The number of rotatable bonds is 2. The first-order chi connectivity index (χ1) is 2.81. The maximum absolute atomic E-state index is 4.68. The minimum Gasteiger partial charge on any atom is -1.00 e. The van der Waals surface area contributed by atoms with E-state index < -0.39 is 0 Å². The van der Waals surface area contributed by atoms with Gasteiger partial charge in [-0.1, -0.05) is 0 Å². The molecule has 0 saturated carbocycles. The Labute approximate surface area is 81.3 Å². The van der Waals surface area contributed by atoms with Crippen LogP contribution in [-0.2, 0) is 29.0 Å². The van der Waals surface area contributed by atoms with E-state index in [1.165, 1.54) is 0 Å². The van der Waals surface area contributed by atoms with Gasteiger partial charge in [0, 0.05) is 14.2 Å². The second kappa shape index (κ2) is 16.1. The Morgan fingerprint density at radius 3 is 1.22 bits per heavy atom. The molecule has 0 aliphatic carbocycles. The van der Waals surface area contributed by atoms with E-state index in [0.29, 0.717) is 0 Å². The van der Waals surface area contributed by atoms with E-state index in [0.717, 1.165) is 0 Å². The van der Waals surface area contributed by atoms with Gasteiger partial charge in [-0.3, -0.25) is 0 Å². The van der Waals surface area contributed by atoms with Crippen molar-refractivity contribution in [2.75, 3.05) is 14.2 Å². The molecule has 0 fully saturated rings. The van der Waals surface area contributed by atoms with Crippen molar-refractivity contribution in [3.63, 3.8) is 0 Å². The van der Waals surface area contributed by atoms with E-state index in [9.17, 15) is 0 Å². The number of hydrogen-bond donors (Lipinski definition) is 0. The van der Waals surface area contributed by atoms with Gasteiger partial charge in [0.15, 0.2) is 6.29 Å². The first kappa shape index (κ1) is 22.5. The summed E-state index contributed by atoms with van der Waals surface area (Å²) in [6.45, 7) is 1.83. The molecule has 0 aromatic rings. The Bertz CT molecular complexity index is 35.7. The van der Waals surface area contributed by atoms with Gasteiger partial charge in [0.1, 0.15) is 0 Å². The molecule has 0 atom stereocenters. The van der Waals surface area contributed by atoms with Crippen LogP contribution < -0.4 is 24.8 Å². The molecule has 0 spiro atoms. The van der Waals surface area contributed by atoms with Crippen molar-refractivity contribution >= 4 is 0 Å². The second-order valence-corrected chi connectivity index (χ2v) is 1.04. The molecular formula is C4H10Cl2O2Zn. The van der Waals surface area contributed by atoms with Crippen LogP contribution >= 0.6 is 0 Å². The molecule has 5 heteroatoms. The summed E-state index contributed by atoms with van der Waals surface area (Å²) in [4.78, 5) is 0. The number of hydrogen-bond acceptors (Lipinski definition) is 2. The van der Waals surface area contributed by atoms with Crippen LogP contribution in [0.4, 0.5) is 0 Å². The molecule has 0 aromatic carbocycles. The summed E-state index contributed by atoms with van der Waals surface area (Å²) in [6.07, 6.45) is -0.0648. The van der Waals surface area contributed by atoms with Crippen LogP contribution in [0.2, 0.25) is 0 Å². The normalized spacial score (nSPS) is 6.67. The Hall–Kier alpha value is 1.12. The van der Waals surface area contributed by atoms with Crippen LogP contribution in [0.3, 0.4) is 0 Å². The molecule has 0 amide bonds. The van der Waals surface area contributed by atoms with Crippen molar-refractivity contribution in [1.82, 2.24) is 0 Å². The minimum atomic E-state index is -0.0648. The number of ether oxygens (including phenoxy) is 2. The third-order valence-electron chi connectivity index (χ3n) is 0.664. The van der Waals surface area contributed by atoms with Gasteiger partial charge in [0.25, 0.3) is 0 Å². The van der Waals surface area contributed by atoms with Crippen molar-refractivity contribution in [2.45, 2.75) is 13.2 Å². The SMILES string of the molecule is COC(C)OC.[Cl-].[Cl-].[Zn+2]. The van der Waals surface area contributed by atoms with Gasteiger partial charge in [-0.15, -0.1) is 0 Å². The van der Waals surface area contributed by atoms with Crippen LogP contribution in [0, 0.1) is 0 Å².